The second-order valence-corrected chi connectivity index (χ2v) is 6.95. The van der Waals surface area contributed by atoms with Gasteiger partial charge in [-0.05, 0) is 49.6 Å². The molecular weight excluding hydrogens is 400 g/mol. The van der Waals surface area contributed by atoms with Crippen LogP contribution < -0.4 is 18.9 Å². The van der Waals surface area contributed by atoms with E-state index in [-0.39, 0.29) is 11.3 Å². The van der Waals surface area contributed by atoms with E-state index in [2.05, 4.69) is 0 Å². The molecule has 166 valence electrons. The molecule has 0 aliphatic heterocycles. The van der Waals surface area contributed by atoms with Crippen molar-refractivity contribution in [3.63, 3.8) is 0 Å². The molecule has 0 aliphatic carbocycles. The van der Waals surface area contributed by atoms with E-state index in [9.17, 15) is 15.0 Å². The Morgan fingerprint density at radius 1 is 0.903 bits per heavy atom. The Hall–Kier alpha value is -3.61. The number of carboxylic acids is 1. The number of hydrogen-bond acceptors (Lipinski definition) is 6. The van der Waals surface area contributed by atoms with Gasteiger partial charge in [0.15, 0.2) is 11.5 Å². The molecule has 0 saturated heterocycles. The van der Waals surface area contributed by atoms with E-state index in [4.69, 9.17) is 18.9 Å². The van der Waals surface area contributed by atoms with E-state index in [1.807, 2.05) is 19.9 Å². The number of allylic oxidation sites excluding steroid dienone is 2. The molecule has 0 saturated carbocycles. The van der Waals surface area contributed by atoms with Gasteiger partial charge in [0, 0.05) is 5.56 Å². The Morgan fingerprint density at radius 3 is 1.94 bits per heavy atom. The zero-order chi connectivity index (χ0) is 23.1. The number of aromatic carboxylic acids is 1. The lowest BCUT2D eigenvalue weighted by Crippen LogP contribution is -2.04. The van der Waals surface area contributed by atoms with Crippen LogP contribution in [0.4, 0.5) is 0 Å². The maximum Gasteiger partial charge on any atom is 0.340 e. The maximum atomic E-state index is 11.9. The standard InChI is InChI=1S/C24H28O7/c1-14(2)7-10-17-18(28-3)13-16(21(22(17)25)24(26)27)9-8-15-11-19(29-4)23(31-6)20(12-15)30-5/h7-9,11-13,25H,10H2,1-6H3,(H,26,27)/b9-8+. The summed E-state index contributed by atoms with van der Waals surface area (Å²) in [4.78, 5) is 11.9. The number of rotatable bonds is 9. The highest BCUT2D eigenvalue weighted by Crippen LogP contribution is 2.39. The maximum absolute atomic E-state index is 11.9. The highest BCUT2D eigenvalue weighted by molar-refractivity contribution is 5.97. The number of carboxylic acid groups (broad SMARTS) is 1. The minimum atomic E-state index is -1.23. The lowest BCUT2D eigenvalue weighted by Gasteiger charge is -2.15. The molecule has 0 radical (unpaired) electrons. The quantitative estimate of drug-likeness (QED) is 0.437. The van der Waals surface area contributed by atoms with Gasteiger partial charge in [0.2, 0.25) is 5.75 Å². The summed E-state index contributed by atoms with van der Waals surface area (Å²) < 4.78 is 21.4. The fourth-order valence-corrected chi connectivity index (χ4v) is 3.13. The molecule has 2 rings (SSSR count). The van der Waals surface area contributed by atoms with Crippen LogP contribution in [0.1, 0.15) is 40.9 Å². The summed E-state index contributed by atoms with van der Waals surface area (Å²) >= 11 is 0. The molecule has 31 heavy (non-hydrogen) atoms. The molecule has 2 aromatic rings. The van der Waals surface area contributed by atoms with Gasteiger partial charge in [0.1, 0.15) is 17.1 Å². The summed E-state index contributed by atoms with van der Waals surface area (Å²) in [5, 5.41) is 20.4. The summed E-state index contributed by atoms with van der Waals surface area (Å²) in [5.74, 6) is 0.257. The summed E-state index contributed by atoms with van der Waals surface area (Å²) in [5.41, 5.74) is 2.27. The van der Waals surface area contributed by atoms with Crippen LogP contribution in [0.25, 0.3) is 12.2 Å². The predicted molar refractivity (Wildman–Crippen MR) is 120 cm³/mol. The molecule has 0 spiro atoms. The smallest absolute Gasteiger partial charge is 0.340 e. The van der Waals surface area contributed by atoms with Crippen molar-refractivity contribution < 1.29 is 34.0 Å². The molecule has 0 heterocycles. The van der Waals surface area contributed by atoms with Gasteiger partial charge < -0.3 is 29.2 Å². The van der Waals surface area contributed by atoms with Crippen molar-refractivity contribution >= 4 is 18.1 Å². The molecule has 0 aliphatic rings. The van der Waals surface area contributed by atoms with Crippen molar-refractivity contribution in [3.05, 3.63) is 52.1 Å². The number of aromatic hydroxyl groups is 1. The normalized spacial score (nSPS) is 10.6. The summed E-state index contributed by atoms with van der Waals surface area (Å²) in [6, 6.07) is 5.07. The van der Waals surface area contributed by atoms with Gasteiger partial charge >= 0.3 is 5.97 Å². The minimum absolute atomic E-state index is 0.193. The number of hydrogen-bond donors (Lipinski definition) is 2. The highest BCUT2D eigenvalue weighted by atomic mass is 16.5. The lowest BCUT2D eigenvalue weighted by atomic mass is 9.97. The first kappa shape index (κ1) is 23.7. The molecule has 0 fully saturated rings. The number of methoxy groups -OCH3 is 4. The molecule has 2 aromatic carbocycles. The predicted octanol–water partition coefficient (Wildman–Crippen LogP) is 4.80. The van der Waals surface area contributed by atoms with E-state index in [0.717, 1.165) is 5.57 Å². The fraction of sp³-hybridized carbons (Fsp3) is 0.292. The Bertz CT molecular complexity index is 990. The van der Waals surface area contributed by atoms with Gasteiger partial charge in [0.25, 0.3) is 0 Å². The Kier molecular flexibility index (Phi) is 7.96. The zero-order valence-electron chi connectivity index (χ0n) is 18.6. The van der Waals surface area contributed by atoms with Crippen molar-refractivity contribution in [1.29, 1.82) is 0 Å². The summed E-state index contributed by atoms with van der Waals surface area (Å²) in [7, 11) is 6.03. The molecule has 2 N–H and O–H groups in total. The Balaban J connectivity index is 2.61. The molecular formula is C24H28O7. The molecule has 7 nitrogen and oxygen atoms in total. The van der Waals surface area contributed by atoms with E-state index in [1.54, 1.807) is 30.4 Å². The van der Waals surface area contributed by atoms with Crippen molar-refractivity contribution in [2.45, 2.75) is 20.3 Å². The zero-order valence-corrected chi connectivity index (χ0v) is 18.6. The number of ether oxygens (including phenoxy) is 4. The van der Waals surface area contributed by atoms with Crippen molar-refractivity contribution in [2.75, 3.05) is 28.4 Å². The molecule has 0 aromatic heterocycles. The van der Waals surface area contributed by atoms with E-state index in [0.29, 0.717) is 46.1 Å². The van der Waals surface area contributed by atoms with Crippen LogP contribution in [0.5, 0.6) is 28.7 Å². The first-order chi connectivity index (χ1) is 14.8. The topological polar surface area (TPSA) is 94.5 Å². The van der Waals surface area contributed by atoms with Crippen LogP contribution in [0.3, 0.4) is 0 Å². The monoisotopic (exact) mass is 428 g/mol. The number of carbonyl (C=O) groups is 1. The van der Waals surface area contributed by atoms with Gasteiger partial charge in [-0.25, -0.2) is 4.79 Å². The van der Waals surface area contributed by atoms with Crippen molar-refractivity contribution in [3.8, 4) is 28.7 Å². The second-order valence-electron chi connectivity index (χ2n) is 6.95. The van der Waals surface area contributed by atoms with Crippen LogP contribution in [0, 0.1) is 0 Å². The molecule has 7 heteroatoms. The fourth-order valence-electron chi connectivity index (χ4n) is 3.13. The van der Waals surface area contributed by atoms with Crippen LogP contribution in [-0.4, -0.2) is 44.6 Å². The third-order valence-electron chi connectivity index (χ3n) is 4.69. The van der Waals surface area contributed by atoms with Crippen LogP contribution >= 0.6 is 0 Å². The second kappa shape index (κ2) is 10.4. The summed E-state index contributed by atoms with van der Waals surface area (Å²) in [6.45, 7) is 3.85. The SMILES string of the molecule is COc1cc(/C=C/c2cc(OC)c(OC)c(OC)c2)c(C(=O)O)c(O)c1CC=C(C)C. The minimum Gasteiger partial charge on any atom is -0.507 e. The van der Waals surface area contributed by atoms with Crippen molar-refractivity contribution in [1.82, 2.24) is 0 Å². The lowest BCUT2D eigenvalue weighted by molar-refractivity contribution is 0.0693. The Labute approximate surface area is 182 Å². The largest absolute Gasteiger partial charge is 0.507 e. The molecule has 0 amide bonds. The average Bonchev–Trinajstić information content (AvgIpc) is 2.74. The molecule has 0 bridgehead atoms. The molecule has 0 atom stereocenters. The number of benzene rings is 2. The van der Waals surface area contributed by atoms with Crippen LogP contribution in [0.2, 0.25) is 0 Å². The third kappa shape index (κ3) is 5.31. The van der Waals surface area contributed by atoms with Crippen LogP contribution in [-0.2, 0) is 6.42 Å². The third-order valence-corrected chi connectivity index (χ3v) is 4.69. The average molecular weight is 428 g/mol. The van der Waals surface area contributed by atoms with Gasteiger partial charge in [0.05, 0.1) is 28.4 Å². The first-order valence-corrected chi connectivity index (χ1v) is 9.54. The van der Waals surface area contributed by atoms with Gasteiger partial charge in [-0.15, -0.1) is 0 Å². The van der Waals surface area contributed by atoms with E-state index in [1.165, 1.54) is 28.4 Å². The first-order valence-electron chi connectivity index (χ1n) is 9.54. The van der Waals surface area contributed by atoms with E-state index < -0.39 is 5.97 Å². The molecule has 0 unspecified atom stereocenters. The Morgan fingerprint density at radius 2 is 1.48 bits per heavy atom. The van der Waals surface area contributed by atoms with Gasteiger partial charge in [-0.3, -0.25) is 0 Å². The van der Waals surface area contributed by atoms with E-state index >= 15 is 0 Å². The highest BCUT2D eigenvalue weighted by Gasteiger charge is 2.21. The summed E-state index contributed by atoms with van der Waals surface area (Å²) in [6.07, 6.45) is 5.54. The van der Waals surface area contributed by atoms with Crippen LogP contribution in [0.15, 0.2) is 29.8 Å². The van der Waals surface area contributed by atoms with Crippen molar-refractivity contribution in [2.24, 2.45) is 0 Å². The van der Waals surface area contributed by atoms with Gasteiger partial charge in [-0.1, -0.05) is 23.8 Å². The van der Waals surface area contributed by atoms with Gasteiger partial charge in [-0.2, -0.15) is 0 Å². The number of phenols is 1.